The van der Waals surface area contributed by atoms with Crippen LogP contribution in [0.5, 0.6) is 0 Å². The van der Waals surface area contributed by atoms with Gasteiger partial charge < -0.3 is 24.3 Å². The summed E-state index contributed by atoms with van der Waals surface area (Å²) in [5.41, 5.74) is 1.46. The van der Waals surface area contributed by atoms with Crippen molar-refractivity contribution in [1.82, 2.24) is 20.1 Å². The third-order valence-electron chi connectivity index (χ3n) is 7.44. The highest BCUT2D eigenvalue weighted by Crippen LogP contribution is 2.28. The van der Waals surface area contributed by atoms with E-state index < -0.39 is 23.4 Å². The van der Waals surface area contributed by atoms with Crippen LogP contribution in [0.4, 0.5) is 9.59 Å². The van der Waals surface area contributed by atoms with E-state index >= 15 is 0 Å². The zero-order valence-corrected chi connectivity index (χ0v) is 26.7. The molecule has 0 unspecified atom stereocenters. The Bertz CT molecular complexity index is 1770. The number of rotatable bonds is 5. The Kier molecular flexibility index (Phi) is 8.60. The second kappa shape index (κ2) is 12.3. The van der Waals surface area contributed by atoms with E-state index in [0.29, 0.717) is 37.3 Å². The summed E-state index contributed by atoms with van der Waals surface area (Å²) < 4.78 is 12.7. The Morgan fingerprint density at radius 2 is 1.56 bits per heavy atom. The highest BCUT2D eigenvalue weighted by molar-refractivity contribution is 6.07. The number of likely N-dealkylation sites (tertiary alicyclic amines) is 1. The summed E-state index contributed by atoms with van der Waals surface area (Å²) >= 11 is 0. The molecule has 1 atom stereocenters. The van der Waals surface area contributed by atoms with Gasteiger partial charge in [0, 0.05) is 36.1 Å². The number of hydrogen-bond donors (Lipinski definition) is 3. The Morgan fingerprint density at radius 1 is 0.867 bits per heavy atom. The van der Waals surface area contributed by atoms with Crippen molar-refractivity contribution in [2.75, 3.05) is 13.1 Å². The molecule has 2 heterocycles. The Morgan fingerprint density at radius 3 is 2.29 bits per heavy atom. The third-order valence-corrected chi connectivity index (χ3v) is 7.44. The molecule has 3 amide bonds. The SMILES string of the molecule is CC(C)(C)OC(=O)NC(=N)c1ccc2cc(C(=O)N3CC[C@H](NC(=O)OC(C)(C)C)C3)n(Cc3cccc4ccccc34)c2c1. The second-order valence-corrected chi connectivity index (χ2v) is 13.4. The second-order valence-electron chi connectivity index (χ2n) is 13.4. The predicted molar refractivity (Wildman–Crippen MR) is 175 cm³/mol. The normalized spacial score (nSPS) is 15.2. The highest BCUT2D eigenvalue weighted by atomic mass is 16.6. The molecule has 4 aromatic rings. The monoisotopic (exact) mass is 611 g/mol. The van der Waals surface area contributed by atoms with E-state index in [0.717, 1.165) is 27.2 Å². The van der Waals surface area contributed by atoms with Gasteiger partial charge in [-0.3, -0.25) is 15.5 Å². The largest absolute Gasteiger partial charge is 0.444 e. The molecule has 0 saturated carbocycles. The number of nitrogens with zero attached hydrogens (tertiary/aromatic N) is 2. The molecule has 236 valence electrons. The lowest BCUT2D eigenvalue weighted by molar-refractivity contribution is 0.0500. The van der Waals surface area contributed by atoms with Gasteiger partial charge in [-0.2, -0.15) is 0 Å². The minimum absolute atomic E-state index is 0.104. The maximum atomic E-state index is 14.1. The molecule has 3 N–H and O–H groups in total. The molecule has 10 heteroatoms. The Labute approximate surface area is 263 Å². The van der Waals surface area contributed by atoms with Crippen molar-refractivity contribution < 1.29 is 23.9 Å². The highest BCUT2D eigenvalue weighted by Gasteiger charge is 2.31. The number of hydrogen-bond acceptors (Lipinski definition) is 6. The van der Waals surface area contributed by atoms with Crippen molar-refractivity contribution >= 4 is 45.6 Å². The standard InChI is InChI=1S/C35H41N5O5/c1-34(2,3)44-32(42)37-26-16-17-39(21-26)31(41)29-18-23-14-15-24(30(36)38-33(43)45-35(4,5)6)19-28(23)40(29)20-25-12-9-11-22-10-7-8-13-27(22)25/h7-15,18-19,26H,16-17,20-21H2,1-6H3,(H,37,42)(H2,36,38,43)/t26-/m0/s1. The van der Waals surface area contributed by atoms with Gasteiger partial charge in [-0.15, -0.1) is 0 Å². The zero-order chi connectivity index (χ0) is 32.5. The number of alkyl carbamates (subject to hydrolysis) is 2. The minimum Gasteiger partial charge on any atom is -0.444 e. The van der Waals surface area contributed by atoms with Crippen LogP contribution in [0.15, 0.2) is 66.7 Å². The smallest absolute Gasteiger partial charge is 0.413 e. The molecule has 1 aliphatic heterocycles. The topological polar surface area (TPSA) is 126 Å². The van der Waals surface area contributed by atoms with Crippen LogP contribution in [0.25, 0.3) is 21.7 Å². The number of benzene rings is 3. The molecule has 1 aromatic heterocycles. The van der Waals surface area contributed by atoms with Gasteiger partial charge in [0.1, 0.15) is 22.7 Å². The maximum Gasteiger partial charge on any atom is 0.413 e. The number of nitrogens with one attached hydrogen (secondary N) is 3. The summed E-state index contributed by atoms with van der Waals surface area (Å²) in [6.45, 7) is 12.0. The molecule has 1 fully saturated rings. The van der Waals surface area contributed by atoms with Crippen molar-refractivity contribution in [2.24, 2.45) is 0 Å². The summed E-state index contributed by atoms with van der Waals surface area (Å²) in [7, 11) is 0. The van der Waals surface area contributed by atoms with Crippen LogP contribution >= 0.6 is 0 Å². The Hall–Kier alpha value is -4.86. The minimum atomic E-state index is -0.710. The van der Waals surface area contributed by atoms with E-state index in [1.807, 2.05) is 61.7 Å². The van der Waals surface area contributed by atoms with Crippen molar-refractivity contribution in [3.63, 3.8) is 0 Å². The molecule has 1 aliphatic rings. The van der Waals surface area contributed by atoms with Gasteiger partial charge in [-0.25, -0.2) is 9.59 Å². The summed E-state index contributed by atoms with van der Waals surface area (Å²) in [6, 6.07) is 21.3. The maximum absolute atomic E-state index is 14.1. The van der Waals surface area contributed by atoms with Crippen LogP contribution in [0.3, 0.4) is 0 Å². The fraction of sp³-hybridized carbons (Fsp3) is 0.371. The van der Waals surface area contributed by atoms with Crippen LogP contribution in [-0.2, 0) is 16.0 Å². The van der Waals surface area contributed by atoms with Gasteiger partial charge in [-0.05, 0) is 76.4 Å². The van der Waals surface area contributed by atoms with Crippen molar-refractivity contribution in [2.45, 2.75) is 71.8 Å². The van der Waals surface area contributed by atoms with E-state index in [2.05, 4.69) is 34.9 Å². The average Bonchev–Trinajstić information content (AvgIpc) is 3.55. The molecular weight excluding hydrogens is 570 g/mol. The lowest BCUT2D eigenvalue weighted by atomic mass is 10.0. The fourth-order valence-corrected chi connectivity index (χ4v) is 5.53. The van der Waals surface area contributed by atoms with Gasteiger partial charge in [-0.1, -0.05) is 54.6 Å². The third kappa shape index (κ3) is 7.63. The van der Waals surface area contributed by atoms with Crippen LogP contribution < -0.4 is 10.6 Å². The molecule has 1 saturated heterocycles. The van der Waals surface area contributed by atoms with E-state index in [-0.39, 0.29) is 17.8 Å². The number of fused-ring (bicyclic) bond motifs is 2. The number of aromatic nitrogens is 1. The predicted octanol–water partition coefficient (Wildman–Crippen LogP) is 6.43. The van der Waals surface area contributed by atoms with E-state index in [1.54, 1.807) is 31.7 Å². The Balaban J connectivity index is 1.47. The molecule has 0 aliphatic carbocycles. The number of carbonyl (C=O) groups is 3. The summed E-state index contributed by atoms with van der Waals surface area (Å²) in [6.07, 6.45) is -0.591. The van der Waals surface area contributed by atoms with Crippen molar-refractivity contribution in [3.8, 4) is 0 Å². The van der Waals surface area contributed by atoms with E-state index in [9.17, 15) is 14.4 Å². The van der Waals surface area contributed by atoms with Gasteiger partial charge >= 0.3 is 12.2 Å². The molecule has 3 aromatic carbocycles. The van der Waals surface area contributed by atoms with Crippen LogP contribution in [-0.4, -0.2) is 63.7 Å². The van der Waals surface area contributed by atoms with Crippen LogP contribution in [0.2, 0.25) is 0 Å². The molecule has 5 rings (SSSR count). The fourth-order valence-electron chi connectivity index (χ4n) is 5.53. The average molecular weight is 612 g/mol. The molecule has 0 bridgehead atoms. The molecule has 45 heavy (non-hydrogen) atoms. The summed E-state index contributed by atoms with van der Waals surface area (Å²) in [5, 5.41) is 17.0. The molecular formula is C35H41N5O5. The first kappa shape index (κ1) is 31.6. The molecule has 0 spiro atoms. The van der Waals surface area contributed by atoms with E-state index in [1.165, 1.54) is 0 Å². The number of carbonyl (C=O) groups excluding carboxylic acids is 3. The zero-order valence-electron chi connectivity index (χ0n) is 26.7. The quantitative estimate of drug-likeness (QED) is 0.177. The lowest BCUT2D eigenvalue weighted by Gasteiger charge is -2.22. The van der Waals surface area contributed by atoms with Gasteiger partial charge in [0.15, 0.2) is 0 Å². The summed E-state index contributed by atoms with van der Waals surface area (Å²) in [5.74, 6) is -0.254. The first-order valence-electron chi connectivity index (χ1n) is 15.1. The number of amidine groups is 1. The summed E-state index contributed by atoms with van der Waals surface area (Å²) in [4.78, 5) is 40.6. The van der Waals surface area contributed by atoms with Crippen LogP contribution in [0.1, 0.15) is 69.6 Å². The van der Waals surface area contributed by atoms with Crippen molar-refractivity contribution in [1.29, 1.82) is 5.41 Å². The first-order valence-corrected chi connectivity index (χ1v) is 15.1. The van der Waals surface area contributed by atoms with Gasteiger partial charge in [0.25, 0.3) is 5.91 Å². The number of amides is 3. The number of ether oxygens (including phenoxy) is 2. The van der Waals surface area contributed by atoms with Gasteiger partial charge in [0.2, 0.25) is 0 Å². The van der Waals surface area contributed by atoms with E-state index in [4.69, 9.17) is 14.9 Å². The first-order chi connectivity index (χ1) is 21.2. The molecule has 0 radical (unpaired) electrons. The molecule has 10 nitrogen and oxygen atoms in total. The van der Waals surface area contributed by atoms with Crippen molar-refractivity contribution in [3.05, 3.63) is 83.6 Å². The van der Waals surface area contributed by atoms with Crippen LogP contribution in [0, 0.1) is 5.41 Å². The van der Waals surface area contributed by atoms with Gasteiger partial charge in [0.05, 0.1) is 6.04 Å². The lowest BCUT2D eigenvalue weighted by Crippen LogP contribution is -2.41.